The van der Waals surface area contributed by atoms with Crippen LogP contribution in [0.4, 0.5) is 9.80 Å². The second-order valence-corrected chi connectivity index (χ2v) is 8.88. The fourth-order valence-electron chi connectivity index (χ4n) is 4.36. The molecule has 0 radical (unpaired) electrons. The van der Waals surface area contributed by atoms with Crippen LogP contribution >= 0.6 is 11.3 Å². The highest BCUT2D eigenvalue weighted by molar-refractivity contribution is 7.17. The molecule has 0 bridgehead atoms. The van der Waals surface area contributed by atoms with E-state index in [-0.39, 0.29) is 0 Å². The number of thiophene rings is 1. The molecule has 0 saturated carbocycles. The van der Waals surface area contributed by atoms with E-state index in [0.717, 1.165) is 41.0 Å². The Morgan fingerprint density at radius 1 is 1.19 bits per heavy atom. The van der Waals surface area contributed by atoms with E-state index in [4.69, 9.17) is 5.73 Å². The number of anilines is 1. The van der Waals surface area contributed by atoms with Crippen LogP contribution in [-0.4, -0.2) is 35.2 Å². The average molecular weight is 441 g/mol. The first-order valence-electron chi connectivity index (χ1n) is 10.3. The Morgan fingerprint density at radius 3 is 2.58 bits per heavy atom. The first-order chi connectivity index (χ1) is 14.9. The standard InChI is InChI=1S/C22H24N4O4S/c1-2-22(13-8-4-3-5-9-13)20(29)26(21(30)25-22)12-16(27)24-19-17(18(23)28)14-10-6-7-11-15(14)31-19/h3-5,8-9H,2,6-7,10-12H2,1H3,(H2,23,28)(H,24,27)(H,25,30)/t22-/m1/s1. The van der Waals surface area contributed by atoms with E-state index in [0.29, 0.717) is 22.5 Å². The highest BCUT2D eigenvalue weighted by atomic mass is 32.1. The van der Waals surface area contributed by atoms with Crippen LogP contribution in [0.1, 0.15) is 52.5 Å². The molecule has 1 aliphatic carbocycles. The third-order valence-electron chi connectivity index (χ3n) is 5.95. The van der Waals surface area contributed by atoms with Crippen molar-refractivity contribution in [2.45, 2.75) is 44.6 Å². The van der Waals surface area contributed by atoms with Gasteiger partial charge in [-0.2, -0.15) is 0 Å². The van der Waals surface area contributed by atoms with Crippen molar-refractivity contribution in [2.24, 2.45) is 5.73 Å². The number of benzene rings is 1. The summed E-state index contributed by atoms with van der Waals surface area (Å²) in [4.78, 5) is 52.5. The van der Waals surface area contributed by atoms with Crippen LogP contribution in [0.3, 0.4) is 0 Å². The molecule has 162 valence electrons. The Kier molecular flexibility index (Phi) is 5.53. The molecule has 5 amide bonds. The zero-order valence-electron chi connectivity index (χ0n) is 17.2. The van der Waals surface area contributed by atoms with E-state index >= 15 is 0 Å². The molecule has 8 nitrogen and oxygen atoms in total. The van der Waals surface area contributed by atoms with Gasteiger partial charge in [0, 0.05) is 4.88 Å². The number of amides is 5. The molecule has 1 saturated heterocycles. The summed E-state index contributed by atoms with van der Waals surface area (Å²) in [6.07, 6.45) is 3.95. The minimum absolute atomic E-state index is 0.345. The fourth-order valence-corrected chi connectivity index (χ4v) is 5.67. The first-order valence-corrected chi connectivity index (χ1v) is 11.1. The first kappa shape index (κ1) is 21.0. The number of primary amides is 1. The third kappa shape index (κ3) is 3.59. The number of aryl methyl sites for hydroxylation is 1. The summed E-state index contributed by atoms with van der Waals surface area (Å²) >= 11 is 1.34. The molecule has 1 aromatic carbocycles. The maximum absolute atomic E-state index is 13.2. The molecular formula is C22H24N4O4S. The molecule has 1 aromatic heterocycles. The molecule has 31 heavy (non-hydrogen) atoms. The van der Waals surface area contributed by atoms with Crippen molar-refractivity contribution in [3.63, 3.8) is 0 Å². The van der Waals surface area contributed by atoms with Gasteiger partial charge >= 0.3 is 6.03 Å². The number of nitrogens with zero attached hydrogens (tertiary/aromatic N) is 1. The Bertz CT molecular complexity index is 1060. The topological polar surface area (TPSA) is 122 Å². The van der Waals surface area contributed by atoms with Gasteiger partial charge in [0.15, 0.2) is 0 Å². The molecular weight excluding hydrogens is 416 g/mol. The van der Waals surface area contributed by atoms with Crippen LogP contribution in [-0.2, 0) is 28.0 Å². The number of imide groups is 1. The van der Waals surface area contributed by atoms with Crippen molar-refractivity contribution >= 4 is 40.1 Å². The predicted octanol–water partition coefficient (Wildman–Crippen LogP) is 2.52. The average Bonchev–Trinajstić information content (AvgIpc) is 3.24. The number of hydrogen-bond donors (Lipinski definition) is 3. The van der Waals surface area contributed by atoms with Crippen LogP contribution < -0.4 is 16.4 Å². The van der Waals surface area contributed by atoms with Crippen LogP contribution in [0.5, 0.6) is 0 Å². The lowest BCUT2D eigenvalue weighted by atomic mass is 9.87. The van der Waals surface area contributed by atoms with E-state index < -0.39 is 35.8 Å². The highest BCUT2D eigenvalue weighted by Gasteiger charge is 2.51. The number of hydrogen-bond acceptors (Lipinski definition) is 5. The van der Waals surface area contributed by atoms with Gasteiger partial charge in [-0.15, -0.1) is 11.3 Å². The smallest absolute Gasteiger partial charge is 0.325 e. The predicted molar refractivity (Wildman–Crippen MR) is 117 cm³/mol. The Labute approximate surface area is 183 Å². The molecule has 2 aliphatic rings. The third-order valence-corrected chi connectivity index (χ3v) is 7.15. The van der Waals surface area contributed by atoms with Gasteiger partial charge in [-0.1, -0.05) is 37.3 Å². The quantitative estimate of drug-likeness (QED) is 0.598. The van der Waals surface area contributed by atoms with Gasteiger partial charge in [0.05, 0.1) is 5.56 Å². The minimum atomic E-state index is -1.20. The van der Waals surface area contributed by atoms with Crippen LogP contribution in [0, 0.1) is 0 Å². The molecule has 2 aromatic rings. The van der Waals surface area contributed by atoms with Crippen LogP contribution in [0.15, 0.2) is 30.3 Å². The highest BCUT2D eigenvalue weighted by Crippen LogP contribution is 2.38. The molecule has 9 heteroatoms. The Hall–Kier alpha value is -3.20. The Balaban J connectivity index is 1.55. The van der Waals surface area contributed by atoms with Gasteiger partial charge in [0.1, 0.15) is 17.1 Å². The number of fused-ring (bicyclic) bond motifs is 1. The second-order valence-electron chi connectivity index (χ2n) is 7.77. The SMILES string of the molecule is CC[C@]1(c2ccccc2)NC(=O)N(CC(=O)Nc2sc3c(c2C(N)=O)CCCC3)C1=O. The summed E-state index contributed by atoms with van der Waals surface area (Å²) in [7, 11) is 0. The summed E-state index contributed by atoms with van der Waals surface area (Å²) in [5.74, 6) is -1.61. The Morgan fingerprint density at radius 2 is 1.90 bits per heavy atom. The van der Waals surface area contributed by atoms with Gasteiger partial charge in [-0.05, 0) is 43.2 Å². The summed E-state index contributed by atoms with van der Waals surface area (Å²) in [6.45, 7) is 1.37. The number of carbonyl (C=O) groups excluding carboxylic acids is 4. The molecule has 1 atom stereocenters. The number of nitrogens with two attached hydrogens (primary N) is 1. The van der Waals surface area contributed by atoms with Gasteiger partial charge in [-0.3, -0.25) is 19.3 Å². The van der Waals surface area contributed by atoms with Gasteiger partial charge < -0.3 is 16.4 Å². The zero-order valence-corrected chi connectivity index (χ0v) is 18.0. The van der Waals surface area contributed by atoms with E-state index in [2.05, 4.69) is 10.6 Å². The molecule has 1 fully saturated rings. The lowest BCUT2D eigenvalue weighted by molar-refractivity contribution is -0.134. The monoisotopic (exact) mass is 440 g/mol. The van der Waals surface area contributed by atoms with Crippen molar-refractivity contribution in [1.82, 2.24) is 10.2 Å². The molecule has 4 rings (SSSR count). The second kappa shape index (κ2) is 8.14. The van der Waals surface area contributed by atoms with Gasteiger partial charge in [0.25, 0.3) is 11.8 Å². The van der Waals surface area contributed by atoms with Crippen molar-refractivity contribution in [3.8, 4) is 0 Å². The van der Waals surface area contributed by atoms with Crippen molar-refractivity contribution in [1.29, 1.82) is 0 Å². The zero-order chi connectivity index (χ0) is 22.2. The summed E-state index contributed by atoms with van der Waals surface area (Å²) in [5, 5.41) is 5.85. The molecule has 2 heterocycles. The number of carbonyl (C=O) groups is 4. The van der Waals surface area contributed by atoms with Crippen molar-refractivity contribution in [2.75, 3.05) is 11.9 Å². The lowest BCUT2D eigenvalue weighted by Crippen LogP contribution is -2.44. The maximum atomic E-state index is 13.2. The fraction of sp³-hybridized carbons (Fsp3) is 0.364. The summed E-state index contributed by atoms with van der Waals surface area (Å²) in [6, 6.07) is 8.36. The molecule has 0 spiro atoms. The number of urea groups is 1. The number of nitrogens with one attached hydrogen (secondary N) is 2. The summed E-state index contributed by atoms with van der Waals surface area (Å²) in [5.41, 5.74) is 6.29. The van der Waals surface area contributed by atoms with E-state index in [1.165, 1.54) is 11.3 Å². The van der Waals surface area contributed by atoms with E-state index in [1.54, 1.807) is 24.3 Å². The minimum Gasteiger partial charge on any atom is -0.365 e. The van der Waals surface area contributed by atoms with E-state index in [1.807, 2.05) is 13.0 Å². The lowest BCUT2D eigenvalue weighted by Gasteiger charge is -2.25. The van der Waals surface area contributed by atoms with Crippen molar-refractivity contribution in [3.05, 3.63) is 51.9 Å². The molecule has 0 unspecified atom stereocenters. The van der Waals surface area contributed by atoms with Crippen molar-refractivity contribution < 1.29 is 19.2 Å². The molecule has 1 aliphatic heterocycles. The maximum Gasteiger partial charge on any atom is 0.325 e. The van der Waals surface area contributed by atoms with Crippen LogP contribution in [0.2, 0.25) is 0 Å². The van der Waals surface area contributed by atoms with Gasteiger partial charge in [0.2, 0.25) is 5.91 Å². The molecule has 4 N–H and O–H groups in total. The normalized spacial score (nSPS) is 20.4. The van der Waals surface area contributed by atoms with Crippen LogP contribution in [0.25, 0.3) is 0 Å². The summed E-state index contributed by atoms with van der Waals surface area (Å²) < 4.78 is 0. The number of rotatable bonds is 6. The largest absolute Gasteiger partial charge is 0.365 e. The van der Waals surface area contributed by atoms with Gasteiger partial charge in [-0.25, -0.2) is 4.79 Å². The van der Waals surface area contributed by atoms with E-state index in [9.17, 15) is 19.2 Å².